The lowest BCUT2D eigenvalue weighted by molar-refractivity contribution is -0.149. The maximum absolute atomic E-state index is 12.7. The van der Waals surface area contributed by atoms with E-state index in [1.54, 1.807) is 26.8 Å². The van der Waals surface area contributed by atoms with Gasteiger partial charge in [-0.05, 0) is 45.9 Å². The molecule has 2 amide bonds. The number of cyclic esters (lactones) is 1. The van der Waals surface area contributed by atoms with Crippen molar-refractivity contribution in [2.24, 2.45) is 0 Å². The standard InChI is InChI=1S/C20H25N3O5/c1-11-5-6-13-12(7-11)8-15(21-13)18(25)22-14-9-17(24)27-10-16(14)23-19(26)28-20(2,3)4/h5-8,14,16,21H,9-10H2,1-4H3,(H,22,25)(H,23,26)/t14-,16-/m0/s1. The highest BCUT2D eigenvalue weighted by atomic mass is 16.6. The lowest BCUT2D eigenvalue weighted by Crippen LogP contribution is -2.58. The van der Waals surface area contributed by atoms with Crippen molar-refractivity contribution in [2.75, 3.05) is 6.61 Å². The summed E-state index contributed by atoms with van der Waals surface area (Å²) in [5.74, 6) is -0.788. The molecule has 1 aliphatic rings. The molecule has 0 bridgehead atoms. The zero-order valence-electron chi connectivity index (χ0n) is 16.4. The maximum Gasteiger partial charge on any atom is 0.408 e. The van der Waals surface area contributed by atoms with Crippen molar-refractivity contribution >= 4 is 28.9 Å². The summed E-state index contributed by atoms with van der Waals surface area (Å²) in [6.45, 7) is 7.21. The number of ether oxygens (including phenoxy) is 2. The molecular weight excluding hydrogens is 362 g/mol. The van der Waals surface area contributed by atoms with Crippen LogP contribution in [0.5, 0.6) is 0 Å². The van der Waals surface area contributed by atoms with Crippen molar-refractivity contribution in [3.05, 3.63) is 35.5 Å². The number of hydrogen-bond acceptors (Lipinski definition) is 5. The molecule has 0 spiro atoms. The second kappa shape index (κ2) is 7.53. The summed E-state index contributed by atoms with van der Waals surface area (Å²) in [5.41, 5.74) is 1.67. The van der Waals surface area contributed by atoms with Gasteiger partial charge in [0.25, 0.3) is 5.91 Å². The summed E-state index contributed by atoms with van der Waals surface area (Å²) in [7, 11) is 0. The zero-order valence-corrected chi connectivity index (χ0v) is 16.4. The van der Waals surface area contributed by atoms with Crippen LogP contribution in [0.4, 0.5) is 4.79 Å². The number of alkyl carbamates (subject to hydrolysis) is 1. The Morgan fingerprint density at radius 3 is 2.64 bits per heavy atom. The Morgan fingerprint density at radius 2 is 1.93 bits per heavy atom. The van der Waals surface area contributed by atoms with Gasteiger partial charge in [0.05, 0.1) is 18.5 Å². The molecule has 2 aromatic rings. The van der Waals surface area contributed by atoms with Crippen molar-refractivity contribution in [3.8, 4) is 0 Å². The first kappa shape index (κ1) is 19.7. The highest BCUT2D eigenvalue weighted by molar-refractivity contribution is 5.98. The van der Waals surface area contributed by atoms with E-state index < -0.39 is 29.7 Å². The first-order valence-electron chi connectivity index (χ1n) is 9.16. The molecule has 2 heterocycles. The van der Waals surface area contributed by atoms with Gasteiger partial charge in [-0.2, -0.15) is 0 Å². The normalized spacial score (nSPS) is 19.8. The molecular formula is C20H25N3O5. The highest BCUT2D eigenvalue weighted by Gasteiger charge is 2.34. The number of carbonyl (C=O) groups excluding carboxylic acids is 3. The van der Waals surface area contributed by atoms with Gasteiger partial charge in [-0.25, -0.2) is 4.79 Å². The molecule has 1 aliphatic heterocycles. The number of benzene rings is 1. The second-order valence-electron chi connectivity index (χ2n) is 7.99. The van der Waals surface area contributed by atoms with Crippen LogP contribution >= 0.6 is 0 Å². The van der Waals surface area contributed by atoms with Crippen molar-refractivity contribution < 1.29 is 23.9 Å². The van der Waals surface area contributed by atoms with Gasteiger partial charge in [0.1, 0.15) is 17.9 Å². The number of aromatic amines is 1. The van der Waals surface area contributed by atoms with Crippen molar-refractivity contribution in [2.45, 2.75) is 51.8 Å². The molecule has 2 atom stereocenters. The lowest BCUT2D eigenvalue weighted by atomic mass is 10.0. The van der Waals surface area contributed by atoms with Gasteiger partial charge in [-0.1, -0.05) is 11.6 Å². The first-order chi connectivity index (χ1) is 13.1. The molecule has 1 aromatic heterocycles. The van der Waals surface area contributed by atoms with Crippen molar-refractivity contribution in [3.63, 3.8) is 0 Å². The minimum atomic E-state index is -0.656. The Bertz CT molecular complexity index is 912. The summed E-state index contributed by atoms with van der Waals surface area (Å²) >= 11 is 0. The molecule has 3 rings (SSSR count). The average Bonchev–Trinajstić information content (AvgIpc) is 2.99. The fourth-order valence-electron chi connectivity index (χ4n) is 3.05. The lowest BCUT2D eigenvalue weighted by Gasteiger charge is -2.32. The van der Waals surface area contributed by atoms with E-state index in [9.17, 15) is 14.4 Å². The van der Waals surface area contributed by atoms with Crippen LogP contribution in [0.25, 0.3) is 10.9 Å². The highest BCUT2D eigenvalue weighted by Crippen LogP contribution is 2.18. The van der Waals surface area contributed by atoms with Crippen LogP contribution in [-0.4, -0.2) is 47.2 Å². The molecule has 8 heteroatoms. The predicted molar refractivity (Wildman–Crippen MR) is 103 cm³/mol. The molecule has 8 nitrogen and oxygen atoms in total. The van der Waals surface area contributed by atoms with Gasteiger partial charge in [-0.15, -0.1) is 0 Å². The molecule has 28 heavy (non-hydrogen) atoms. The van der Waals surface area contributed by atoms with E-state index in [0.717, 1.165) is 16.5 Å². The number of carbonyl (C=O) groups is 3. The molecule has 150 valence electrons. The Balaban J connectivity index is 1.71. The fourth-order valence-corrected chi connectivity index (χ4v) is 3.05. The van der Waals surface area contributed by atoms with E-state index >= 15 is 0 Å². The summed E-state index contributed by atoms with van der Waals surface area (Å²) in [6, 6.07) is 6.42. The molecule has 1 aromatic carbocycles. The van der Waals surface area contributed by atoms with Crippen LogP contribution in [0.1, 0.15) is 43.2 Å². The van der Waals surface area contributed by atoms with Gasteiger partial charge in [-0.3, -0.25) is 9.59 Å². The van der Waals surface area contributed by atoms with E-state index in [-0.39, 0.29) is 18.9 Å². The van der Waals surface area contributed by atoms with Gasteiger partial charge < -0.3 is 25.1 Å². The maximum atomic E-state index is 12.7. The molecule has 1 saturated heterocycles. The predicted octanol–water partition coefficient (Wildman–Crippen LogP) is 2.41. The molecule has 3 N–H and O–H groups in total. The number of amides is 2. The third-order valence-corrected chi connectivity index (χ3v) is 4.34. The Labute approximate surface area is 163 Å². The SMILES string of the molecule is Cc1ccc2[nH]c(C(=O)N[C@H]3CC(=O)OC[C@@H]3NC(=O)OC(C)(C)C)cc2c1. The number of esters is 1. The number of aryl methyl sites for hydroxylation is 1. The van der Waals surface area contributed by atoms with Crippen LogP contribution in [0.3, 0.4) is 0 Å². The minimum absolute atomic E-state index is 0.0328. The van der Waals surface area contributed by atoms with E-state index in [1.807, 2.05) is 25.1 Å². The summed E-state index contributed by atoms with van der Waals surface area (Å²) < 4.78 is 10.3. The smallest absolute Gasteiger partial charge is 0.408 e. The number of hydrogen-bond donors (Lipinski definition) is 3. The first-order valence-corrected chi connectivity index (χ1v) is 9.16. The topological polar surface area (TPSA) is 110 Å². The van der Waals surface area contributed by atoms with Crippen LogP contribution in [0.15, 0.2) is 24.3 Å². The third-order valence-electron chi connectivity index (χ3n) is 4.34. The van der Waals surface area contributed by atoms with Crippen LogP contribution in [0, 0.1) is 6.92 Å². The van der Waals surface area contributed by atoms with E-state index in [4.69, 9.17) is 9.47 Å². The monoisotopic (exact) mass is 387 g/mol. The molecule has 0 aliphatic carbocycles. The minimum Gasteiger partial charge on any atom is -0.463 e. The Hall–Kier alpha value is -3.03. The van der Waals surface area contributed by atoms with E-state index in [0.29, 0.717) is 5.69 Å². The third kappa shape index (κ3) is 4.82. The number of H-pyrrole nitrogens is 1. The quantitative estimate of drug-likeness (QED) is 0.701. The largest absolute Gasteiger partial charge is 0.463 e. The van der Waals surface area contributed by atoms with Crippen LogP contribution < -0.4 is 10.6 Å². The van der Waals surface area contributed by atoms with E-state index in [2.05, 4.69) is 15.6 Å². The average molecular weight is 387 g/mol. The summed E-state index contributed by atoms with van der Waals surface area (Å²) in [4.78, 5) is 39.5. The van der Waals surface area contributed by atoms with Gasteiger partial charge >= 0.3 is 12.1 Å². The zero-order chi connectivity index (χ0) is 20.5. The van der Waals surface area contributed by atoms with Crippen LogP contribution in [0.2, 0.25) is 0 Å². The Kier molecular flexibility index (Phi) is 5.31. The summed E-state index contributed by atoms with van der Waals surface area (Å²) in [5, 5.41) is 6.42. The van der Waals surface area contributed by atoms with Crippen LogP contribution in [-0.2, 0) is 14.3 Å². The number of aromatic nitrogens is 1. The van der Waals surface area contributed by atoms with Crippen molar-refractivity contribution in [1.29, 1.82) is 0 Å². The molecule has 0 unspecified atom stereocenters. The van der Waals surface area contributed by atoms with Gasteiger partial charge in [0, 0.05) is 10.9 Å². The number of rotatable bonds is 3. The molecule has 1 fully saturated rings. The van der Waals surface area contributed by atoms with Gasteiger partial charge in [0.2, 0.25) is 0 Å². The summed E-state index contributed by atoms with van der Waals surface area (Å²) in [6.07, 6.45) is -0.665. The molecule has 0 radical (unpaired) electrons. The van der Waals surface area contributed by atoms with Crippen molar-refractivity contribution in [1.82, 2.24) is 15.6 Å². The Morgan fingerprint density at radius 1 is 1.18 bits per heavy atom. The number of nitrogens with one attached hydrogen (secondary N) is 3. The fraction of sp³-hybridized carbons (Fsp3) is 0.450. The van der Waals surface area contributed by atoms with Gasteiger partial charge in [0.15, 0.2) is 0 Å². The van der Waals surface area contributed by atoms with E-state index in [1.165, 1.54) is 0 Å². The second-order valence-corrected chi connectivity index (χ2v) is 7.99. The number of fused-ring (bicyclic) bond motifs is 1. The molecule has 0 saturated carbocycles.